The first-order valence-electron chi connectivity index (χ1n) is 12.0. The summed E-state index contributed by atoms with van der Waals surface area (Å²) < 4.78 is 25.4. The number of hydrogen-bond donors (Lipinski definition) is 3. The minimum Gasteiger partial charge on any atom is -0.389 e. The van der Waals surface area contributed by atoms with E-state index in [1.54, 1.807) is 6.07 Å². The van der Waals surface area contributed by atoms with Crippen molar-refractivity contribution in [1.29, 1.82) is 0 Å². The van der Waals surface area contributed by atoms with Gasteiger partial charge in [-0.3, -0.25) is 4.79 Å². The molecule has 8 nitrogen and oxygen atoms in total. The molecule has 5 atom stereocenters. The molecule has 2 aromatic rings. The molecule has 3 N–H and O–H groups in total. The fraction of sp³-hybridized carbons (Fsp3) is 0.462. The predicted octanol–water partition coefficient (Wildman–Crippen LogP) is 3.23. The Morgan fingerprint density at radius 3 is 2.71 bits per heavy atom. The molecule has 2 aliphatic heterocycles. The molecule has 35 heavy (non-hydrogen) atoms. The topological polar surface area (TPSA) is 100 Å². The molecule has 4 rings (SSSR count). The molecule has 2 saturated heterocycles. The fourth-order valence-corrected chi connectivity index (χ4v) is 4.67. The zero-order chi connectivity index (χ0) is 24.8. The van der Waals surface area contributed by atoms with E-state index in [-0.39, 0.29) is 50.3 Å². The first-order chi connectivity index (χ1) is 16.9. The Balaban J connectivity index is 1.38. The standard InChI is InChI=1S/C26H32FN3O5/c1-17(18-6-3-2-4-7-18)28-25(32)13-22-10-11-23-24(35-22)16-34-15-21(31)14-30(23)26(33)29-20-9-5-8-19(27)12-20/h2-9,12,17,21-24,31H,10-11,13-16H2,1H3,(H,28,32)(H,29,33)/t17-,21+,22+,23-,24+/m0/s1. The van der Waals surface area contributed by atoms with Crippen LogP contribution in [0.25, 0.3) is 0 Å². The number of benzene rings is 2. The Morgan fingerprint density at radius 2 is 1.94 bits per heavy atom. The Labute approximate surface area is 204 Å². The molecule has 9 heteroatoms. The lowest BCUT2D eigenvalue weighted by atomic mass is 9.94. The second-order valence-electron chi connectivity index (χ2n) is 9.13. The van der Waals surface area contributed by atoms with Crippen molar-refractivity contribution >= 4 is 17.6 Å². The Bertz CT molecular complexity index is 1010. The number of anilines is 1. The highest BCUT2D eigenvalue weighted by Gasteiger charge is 2.40. The van der Waals surface area contributed by atoms with Crippen molar-refractivity contribution in [1.82, 2.24) is 10.2 Å². The molecule has 2 aromatic carbocycles. The monoisotopic (exact) mass is 485 g/mol. The van der Waals surface area contributed by atoms with Crippen molar-refractivity contribution in [3.8, 4) is 0 Å². The van der Waals surface area contributed by atoms with Crippen LogP contribution < -0.4 is 10.6 Å². The number of nitrogens with one attached hydrogen (secondary N) is 2. The van der Waals surface area contributed by atoms with E-state index in [0.29, 0.717) is 18.5 Å². The van der Waals surface area contributed by atoms with E-state index >= 15 is 0 Å². The lowest BCUT2D eigenvalue weighted by molar-refractivity contribution is -0.150. The molecule has 0 aliphatic carbocycles. The number of hydrogen-bond acceptors (Lipinski definition) is 5. The summed E-state index contributed by atoms with van der Waals surface area (Å²) in [6, 6.07) is 14.5. The summed E-state index contributed by atoms with van der Waals surface area (Å²) in [5.41, 5.74) is 1.36. The third-order valence-corrected chi connectivity index (χ3v) is 6.41. The smallest absolute Gasteiger partial charge is 0.322 e. The third-order valence-electron chi connectivity index (χ3n) is 6.41. The Morgan fingerprint density at radius 1 is 1.14 bits per heavy atom. The summed E-state index contributed by atoms with van der Waals surface area (Å²) in [6.45, 7) is 2.26. The molecular weight excluding hydrogens is 453 g/mol. The highest BCUT2D eigenvalue weighted by molar-refractivity contribution is 5.89. The largest absolute Gasteiger partial charge is 0.389 e. The van der Waals surface area contributed by atoms with Crippen LogP contribution in [0.3, 0.4) is 0 Å². The van der Waals surface area contributed by atoms with Crippen molar-refractivity contribution in [2.45, 2.75) is 56.6 Å². The number of carbonyl (C=O) groups excluding carboxylic acids is 2. The molecule has 0 radical (unpaired) electrons. The number of urea groups is 1. The normalized spacial score (nSPS) is 25.5. The highest BCUT2D eigenvalue weighted by Crippen LogP contribution is 2.28. The van der Waals surface area contributed by atoms with Crippen molar-refractivity contribution in [3.63, 3.8) is 0 Å². The van der Waals surface area contributed by atoms with Gasteiger partial charge in [-0.25, -0.2) is 9.18 Å². The van der Waals surface area contributed by atoms with E-state index < -0.39 is 24.1 Å². The van der Waals surface area contributed by atoms with Crippen LogP contribution in [0.4, 0.5) is 14.9 Å². The van der Waals surface area contributed by atoms with Gasteiger partial charge in [-0.1, -0.05) is 36.4 Å². The van der Waals surface area contributed by atoms with Crippen LogP contribution in [0, 0.1) is 5.82 Å². The van der Waals surface area contributed by atoms with E-state index in [9.17, 15) is 19.1 Å². The maximum atomic E-state index is 13.6. The van der Waals surface area contributed by atoms with E-state index in [1.807, 2.05) is 37.3 Å². The van der Waals surface area contributed by atoms with E-state index in [1.165, 1.54) is 23.1 Å². The van der Waals surface area contributed by atoms with E-state index in [4.69, 9.17) is 9.47 Å². The second kappa shape index (κ2) is 11.6. The van der Waals surface area contributed by atoms with Gasteiger partial charge in [-0.2, -0.15) is 0 Å². The maximum absolute atomic E-state index is 13.6. The average Bonchev–Trinajstić information content (AvgIpc) is 2.82. The van der Waals surface area contributed by atoms with Gasteiger partial charge in [0, 0.05) is 5.69 Å². The number of aliphatic hydroxyl groups excluding tert-OH is 1. The molecule has 3 amide bonds. The summed E-state index contributed by atoms with van der Waals surface area (Å²) in [7, 11) is 0. The minimum absolute atomic E-state index is 0.0609. The molecule has 0 spiro atoms. The molecule has 0 unspecified atom stereocenters. The van der Waals surface area contributed by atoms with Crippen LogP contribution in [0.1, 0.15) is 37.8 Å². The van der Waals surface area contributed by atoms with Crippen LogP contribution >= 0.6 is 0 Å². The van der Waals surface area contributed by atoms with E-state index in [2.05, 4.69) is 10.6 Å². The number of ether oxygens (including phenoxy) is 2. The number of halogens is 1. The fourth-order valence-electron chi connectivity index (χ4n) is 4.67. The van der Waals surface area contributed by atoms with Crippen LogP contribution in [-0.2, 0) is 14.3 Å². The van der Waals surface area contributed by atoms with Gasteiger partial charge < -0.3 is 30.1 Å². The first-order valence-corrected chi connectivity index (χ1v) is 12.0. The van der Waals surface area contributed by atoms with Crippen LogP contribution in [-0.4, -0.2) is 66.1 Å². The molecule has 0 saturated carbocycles. The second-order valence-corrected chi connectivity index (χ2v) is 9.13. The van der Waals surface area contributed by atoms with Gasteiger partial charge in [0.1, 0.15) is 11.9 Å². The molecule has 2 aliphatic rings. The molecule has 0 aromatic heterocycles. The summed E-state index contributed by atoms with van der Waals surface area (Å²) >= 11 is 0. The first kappa shape index (κ1) is 25.1. The van der Waals surface area contributed by atoms with Gasteiger partial charge in [0.15, 0.2) is 0 Å². The minimum atomic E-state index is -0.850. The number of fused-ring (bicyclic) bond motifs is 1. The number of nitrogens with zero attached hydrogens (tertiary/aromatic N) is 1. The number of amides is 3. The number of β-amino-alcohol motifs (C(OH)–C–C–N with tert-alkyl or cyclic N) is 1. The zero-order valence-corrected chi connectivity index (χ0v) is 19.7. The van der Waals surface area contributed by atoms with Gasteiger partial charge in [0.25, 0.3) is 0 Å². The van der Waals surface area contributed by atoms with Gasteiger partial charge in [-0.05, 0) is 43.5 Å². The van der Waals surface area contributed by atoms with Gasteiger partial charge >= 0.3 is 6.03 Å². The van der Waals surface area contributed by atoms with Crippen LogP contribution in [0.5, 0.6) is 0 Å². The highest BCUT2D eigenvalue weighted by atomic mass is 19.1. The lowest BCUT2D eigenvalue weighted by Gasteiger charge is -2.44. The number of carbonyl (C=O) groups is 2. The Kier molecular flexibility index (Phi) is 8.33. The van der Waals surface area contributed by atoms with E-state index in [0.717, 1.165) is 5.56 Å². The SMILES string of the molecule is C[C@H](NC(=O)C[C@H]1CC[C@H]2[C@@H](COC[C@H](O)CN2C(=O)Nc2cccc(F)c2)O1)c1ccccc1. The summed E-state index contributed by atoms with van der Waals surface area (Å²) in [4.78, 5) is 27.3. The van der Waals surface area contributed by atoms with Crippen LogP contribution in [0.2, 0.25) is 0 Å². The Hall–Kier alpha value is -3.01. The number of aliphatic hydroxyl groups is 1. The third kappa shape index (κ3) is 6.78. The van der Waals surface area contributed by atoms with Gasteiger partial charge in [0.05, 0.1) is 50.5 Å². The van der Waals surface area contributed by atoms with Crippen molar-refractivity contribution in [2.75, 3.05) is 25.1 Å². The van der Waals surface area contributed by atoms with Crippen molar-refractivity contribution < 1.29 is 28.6 Å². The molecule has 2 fully saturated rings. The average molecular weight is 486 g/mol. The lowest BCUT2D eigenvalue weighted by Crippen LogP contribution is -2.58. The number of rotatable bonds is 5. The summed E-state index contributed by atoms with van der Waals surface area (Å²) in [5, 5.41) is 16.0. The molecule has 2 heterocycles. The van der Waals surface area contributed by atoms with Crippen molar-refractivity contribution in [3.05, 3.63) is 66.0 Å². The van der Waals surface area contributed by atoms with Gasteiger partial charge in [0.2, 0.25) is 5.91 Å². The van der Waals surface area contributed by atoms with Gasteiger partial charge in [-0.15, -0.1) is 0 Å². The zero-order valence-electron chi connectivity index (χ0n) is 19.7. The molecular formula is C26H32FN3O5. The summed E-state index contributed by atoms with van der Waals surface area (Å²) in [5.74, 6) is -0.557. The van der Waals surface area contributed by atoms with Crippen LogP contribution in [0.15, 0.2) is 54.6 Å². The van der Waals surface area contributed by atoms with Crippen molar-refractivity contribution in [2.24, 2.45) is 0 Å². The molecule has 0 bridgehead atoms. The molecule has 188 valence electrons. The maximum Gasteiger partial charge on any atom is 0.322 e. The quantitative estimate of drug-likeness (QED) is 0.604. The summed E-state index contributed by atoms with van der Waals surface area (Å²) in [6.07, 6.45) is -0.229. The predicted molar refractivity (Wildman–Crippen MR) is 128 cm³/mol.